The Morgan fingerprint density at radius 1 is 1.43 bits per heavy atom. The lowest BCUT2D eigenvalue weighted by molar-refractivity contribution is -0.138. The van der Waals surface area contributed by atoms with Crippen molar-refractivity contribution in [3.63, 3.8) is 0 Å². The Hall–Kier alpha value is -1.30. The minimum atomic E-state index is -4.69. The molecule has 7 heteroatoms. The van der Waals surface area contributed by atoms with E-state index in [1.54, 1.807) is 0 Å². The van der Waals surface area contributed by atoms with Crippen LogP contribution >= 0.6 is 11.6 Å². The smallest absolute Gasteiger partial charge is 0.366 e. The van der Waals surface area contributed by atoms with Crippen LogP contribution in [0.25, 0.3) is 0 Å². The Bertz CT molecular complexity index is 378. The molecule has 0 aliphatic heterocycles. The van der Waals surface area contributed by atoms with Crippen LogP contribution in [0.1, 0.15) is 15.9 Å². The van der Waals surface area contributed by atoms with Crippen LogP contribution in [0, 0.1) is 0 Å². The van der Waals surface area contributed by atoms with Gasteiger partial charge < -0.3 is 5.73 Å². The van der Waals surface area contributed by atoms with Crippen LogP contribution in [0.2, 0.25) is 5.02 Å². The van der Waals surface area contributed by atoms with Crippen molar-refractivity contribution in [1.82, 2.24) is 4.98 Å². The van der Waals surface area contributed by atoms with Gasteiger partial charge in [0.2, 0.25) is 0 Å². The third-order valence-corrected chi connectivity index (χ3v) is 1.74. The first-order valence-corrected chi connectivity index (χ1v) is 3.72. The van der Waals surface area contributed by atoms with E-state index in [9.17, 15) is 18.0 Å². The lowest BCUT2D eigenvalue weighted by atomic mass is 10.1. The van der Waals surface area contributed by atoms with E-state index >= 15 is 0 Å². The number of carbonyl (C=O) groups is 1. The number of rotatable bonds is 1. The van der Waals surface area contributed by atoms with Gasteiger partial charge in [0.25, 0.3) is 5.91 Å². The molecule has 0 bridgehead atoms. The van der Waals surface area contributed by atoms with Gasteiger partial charge >= 0.3 is 6.18 Å². The normalized spacial score (nSPS) is 11.4. The molecule has 0 saturated carbocycles. The number of amides is 1. The van der Waals surface area contributed by atoms with E-state index in [1.165, 1.54) is 0 Å². The van der Waals surface area contributed by atoms with Crippen molar-refractivity contribution in [3.05, 3.63) is 28.5 Å². The molecule has 1 aromatic heterocycles. The number of aromatic nitrogens is 1. The van der Waals surface area contributed by atoms with Gasteiger partial charge in [0.15, 0.2) is 0 Å². The fourth-order valence-corrected chi connectivity index (χ4v) is 1.15. The highest BCUT2D eigenvalue weighted by molar-refractivity contribution is 6.33. The van der Waals surface area contributed by atoms with Gasteiger partial charge in [-0.05, 0) is 0 Å². The molecule has 0 radical (unpaired) electrons. The highest BCUT2D eigenvalue weighted by Gasteiger charge is 2.36. The summed E-state index contributed by atoms with van der Waals surface area (Å²) in [6.07, 6.45) is -3.26. The molecule has 2 N–H and O–H groups in total. The Labute approximate surface area is 81.7 Å². The van der Waals surface area contributed by atoms with E-state index in [1.807, 2.05) is 0 Å². The Morgan fingerprint density at radius 2 is 2.00 bits per heavy atom. The average molecular weight is 225 g/mol. The molecule has 1 amide bonds. The summed E-state index contributed by atoms with van der Waals surface area (Å²) in [7, 11) is 0. The number of carbonyl (C=O) groups excluding carboxylic acids is 1. The van der Waals surface area contributed by atoms with Crippen molar-refractivity contribution in [1.29, 1.82) is 0 Å². The van der Waals surface area contributed by atoms with E-state index in [2.05, 4.69) is 4.98 Å². The lowest BCUT2D eigenvalue weighted by Gasteiger charge is -2.10. The van der Waals surface area contributed by atoms with Crippen molar-refractivity contribution in [2.45, 2.75) is 6.18 Å². The van der Waals surface area contributed by atoms with Crippen molar-refractivity contribution in [2.24, 2.45) is 5.73 Å². The van der Waals surface area contributed by atoms with Crippen LogP contribution in [0.15, 0.2) is 12.4 Å². The van der Waals surface area contributed by atoms with E-state index in [0.29, 0.717) is 6.20 Å². The lowest BCUT2D eigenvalue weighted by Crippen LogP contribution is -2.19. The number of halogens is 4. The maximum absolute atomic E-state index is 12.3. The average Bonchev–Trinajstić information content (AvgIpc) is 2.01. The first-order chi connectivity index (χ1) is 6.34. The monoisotopic (exact) mass is 224 g/mol. The topological polar surface area (TPSA) is 56.0 Å². The summed E-state index contributed by atoms with van der Waals surface area (Å²) >= 11 is 5.37. The predicted molar refractivity (Wildman–Crippen MR) is 42.8 cm³/mol. The molecule has 1 rings (SSSR count). The van der Waals surface area contributed by atoms with Gasteiger partial charge in [0, 0.05) is 12.4 Å². The molecule has 0 fully saturated rings. The predicted octanol–water partition coefficient (Wildman–Crippen LogP) is 1.85. The molecule has 14 heavy (non-hydrogen) atoms. The number of alkyl halides is 3. The van der Waals surface area contributed by atoms with Gasteiger partial charge in [0.05, 0.1) is 16.1 Å². The SMILES string of the molecule is NC(=O)c1c(Cl)cncc1C(F)(F)F. The number of pyridine rings is 1. The summed E-state index contributed by atoms with van der Waals surface area (Å²) < 4.78 is 36.8. The summed E-state index contributed by atoms with van der Waals surface area (Å²) in [5.74, 6) is -1.23. The van der Waals surface area contributed by atoms with Crippen LogP contribution in [0.5, 0.6) is 0 Å². The van der Waals surface area contributed by atoms with Gasteiger partial charge in [0.1, 0.15) is 0 Å². The molecule has 0 aliphatic carbocycles. The molecule has 1 heterocycles. The molecule has 1 aromatic rings. The molecule has 0 spiro atoms. The Balaban J connectivity index is 3.44. The van der Waals surface area contributed by atoms with Crippen molar-refractivity contribution in [2.75, 3.05) is 0 Å². The first kappa shape index (κ1) is 10.8. The molecule has 0 atom stereocenters. The molecule has 0 saturated heterocycles. The number of hydrogen-bond acceptors (Lipinski definition) is 2. The summed E-state index contributed by atoms with van der Waals surface area (Å²) in [4.78, 5) is 13.9. The van der Waals surface area contributed by atoms with Gasteiger partial charge in [-0.2, -0.15) is 13.2 Å². The second kappa shape index (κ2) is 3.45. The fourth-order valence-electron chi connectivity index (χ4n) is 0.900. The molecule has 0 aromatic carbocycles. The van der Waals surface area contributed by atoms with E-state index in [-0.39, 0.29) is 0 Å². The van der Waals surface area contributed by atoms with Gasteiger partial charge in [-0.15, -0.1) is 0 Å². The third-order valence-electron chi connectivity index (χ3n) is 1.45. The summed E-state index contributed by atoms with van der Waals surface area (Å²) in [6.45, 7) is 0. The van der Waals surface area contributed by atoms with Crippen molar-refractivity contribution in [3.8, 4) is 0 Å². The summed E-state index contributed by atoms with van der Waals surface area (Å²) in [5, 5.41) is -0.410. The molecule has 0 unspecified atom stereocenters. The fraction of sp³-hybridized carbons (Fsp3) is 0.143. The maximum Gasteiger partial charge on any atom is 0.418 e. The van der Waals surface area contributed by atoms with Crippen LogP contribution in [-0.2, 0) is 6.18 Å². The standard InChI is InChI=1S/C7H4ClF3N2O/c8-4-2-13-1-3(7(9,10)11)5(4)6(12)14/h1-2H,(H2,12,14). The zero-order chi connectivity index (χ0) is 10.9. The van der Waals surface area contributed by atoms with Crippen LogP contribution in [0.4, 0.5) is 13.2 Å². The second-order valence-corrected chi connectivity index (χ2v) is 2.81. The molecular weight excluding hydrogens is 221 g/mol. The van der Waals surface area contributed by atoms with Gasteiger partial charge in [-0.25, -0.2) is 0 Å². The van der Waals surface area contributed by atoms with Crippen LogP contribution in [-0.4, -0.2) is 10.9 Å². The zero-order valence-electron chi connectivity index (χ0n) is 6.60. The quantitative estimate of drug-likeness (QED) is 0.792. The molecule has 3 nitrogen and oxygen atoms in total. The van der Waals surface area contributed by atoms with Crippen LogP contribution in [0.3, 0.4) is 0 Å². The number of primary amides is 1. The highest BCUT2D eigenvalue weighted by Crippen LogP contribution is 2.33. The third kappa shape index (κ3) is 1.95. The van der Waals surface area contributed by atoms with E-state index in [4.69, 9.17) is 17.3 Å². The molecule has 0 aliphatic rings. The number of nitrogens with zero attached hydrogens (tertiary/aromatic N) is 1. The zero-order valence-corrected chi connectivity index (χ0v) is 7.36. The Kier molecular flexibility index (Phi) is 2.66. The molecular formula is C7H4ClF3N2O. The van der Waals surface area contributed by atoms with Crippen LogP contribution < -0.4 is 5.73 Å². The summed E-state index contributed by atoms with van der Waals surface area (Å²) in [6, 6.07) is 0. The van der Waals surface area contributed by atoms with Gasteiger partial charge in [-0.3, -0.25) is 9.78 Å². The first-order valence-electron chi connectivity index (χ1n) is 3.34. The van der Waals surface area contributed by atoms with Gasteiger partial charge in [-0.1, -0.05) is 11.6 Å². The minimum Gasteiger partial charge on any atom is -0.366 e. The van der Waals surface area contributed by atoms with E-state index in [0.717, 1.165) is 6.20 Å². The summed E-state index contributed by atoms with van der Waals surface area (Å²) in [5.41, 5.74) is 2.78. The molecule has 76 valence electrons. The van der Waals surface area contributed by atoms with Crippen molar-refractivity contribution >= 4 is 17.5 Å². The number of nitrogens with two attached hydrogens (primary N) is 1. The Morgan fingerprint density at radius 3 is 2.36 bits per heavy atom. The van der Waals surface area contributed by atoms with E-state index < -0.39 is 28.2 Å². The number of hydrogen-bond donors (Lipinski definition) is 1. The largest absolute Gasteiger partial charge is 0.418 e. The maximum atomic E-state index is 12.3. The minimum absolute atomic E-state index is 0.410. The second-order valence-electron chi connectivity index (χ2n) is 2.41. The van der Waals surface area contributed by atoms with Crippen molar-refractivity contribution < 1.29 is 18.0 Å². The highest BCUT2D eigenvalue weighted by atomic mass is 35.5.